The number of hydrogen-bond donors (Lipinski definition) is 2. The summed E-state index contributed by atoms with van der Waals surface area (Å²) in [5, 5.41) is 2.02. The van der Waals surface area contributed by atoms with Crippen LogP contribution in [-0.4, -0.2) is 37.2 Å². The number of carbonyl (C=O) groups excluding carboxylic acids is 3. The summed E-state index contributed by atoms with van der Waals surface area (Å²) < 4.78 is 16.1. The molecule has 1 atom stereocenters. The Kier molecular flexibility index (Phi) is 8.71. The molecule has 1 aromatic rings. The number of carbonyl (C=O) groups is 3. The number of imide groups is 1. The number of nitrogens with one attached hydrogen (secondary N) is 1. The largest absolute Gasteiger partial charge is 0.490 e. The second-order valence-electron chi connectivity index (χ2n) is 5.32. The van der Waals surface area contributed by atoms with Gasteiger partial charge in [0.25, 0.3) is 5.91 Å². The summed E-state index contributed by atoms with van der Waals surface area (Å²) in [5.74, 6) is -0.989. The van der Waals surface area contributed by atoms with Crippen LogP contribution in [0.1, 0.15) is 44.0 Å². The molecule has 1 rings (SSSR count). The van der Waals surface area contributed by atoms with Crippen molar-refractivity contribution in [2.24, 2.45) is 5.73 Å². The Bertz CT molecular complexity index is 665. The van der Waals surface area contributed by atoms with Crippen molar-refractivity contribution in [3.63, 3.8) is 0 Å². The molecular weight excluding hydrogens is 364 g/mol. The molecule has 0 bridgehead atoms. The summed E-state index contributed by atoms with van der Waals surface area (Å²) in [6.07, 6.45) is 0.583. The van der Waals surface area contributed by atoms with Gasteiger partial charge in [-0.25, -0.2) is 9.59 Å². The van der Waals surface area contributed by atoms with E-state index in [1.165, 1.54) is 19.1 Å². The standard InChI is InChI=1S/C17H23ClN2O6/c1-4-6-7-25-14-12(18)8-11(9-13(14)24-5-2)16(22)26-10(3)15(21)20-17(19)23/h8-10H,4-7H2,1-3H3,(H3,19,20,21,23)/t10-/m0/s1. The molecule has 0 aliphatic carbocycles. The summed E-state index contributed by atoms with van der Waals surface area (Å²) in [7, 11) is 0. The molecule has 9 heteroatoms. The van der Waals surface area contributed by atoms with Gasteiger partial charge in [-0.05, 0) is 32.4 Å². The lowest BCUT2D eigenvalue weighted by atomic mass is 10.2. The summed E-state index contributed by atoms with van der Waals surface area (Å²) in [5.41, 5.74) is 4.94. The highest BCUT2D eigenvalue weighted by Crippen LogP contribution is 2.37. The molecular formula is C17H23ClN2O6. The monoisotopic (exact) mass is 386 g/mol. The van der Waals surface area contributed by atoms with Crippen LogP contribution in [0.4, 0.5) is 4.79 Å². The van der Waals surface area contributed by atoms with E-state index in [-0.39, 0.29) is 10.6 Å². The van der Waals surface area contributed by atoms with E-state index in [9.17, 15) is 14.4 Å². The maximum Gasteiger partial charge on any atom is 0.339 e. The zero-order valence-corrected chi connectivity index (χ0v) is 15.7. The van der Waals surface area contributed by atoms with E-state index in [1.807, 2.05) is 12.2 Å². The number of rotatable bonds is 9. The molecule has 0 radical (unpaired) electrons. The van der Waals surface area contributed by atoms with Gasteiger partial charge in [-0.15, -0.1) is 0 Å². The van der Waals surface area contributed by atoms with Gasteiger partial charge in [0.15, 0.2) is 17.6 Å². The van der Waals surface area contributed by atoms with Crippen LogP contribution in [0.15, 0.2) is 12.1 Å². The van der Waals surface area contributed by atoms with Gasteiger partial charge in [-0.1, -0.05) is 24.9 Å². The van der Waals surface area contributed by atoms with E-state index in [0.29, 0.717) is 24.7 Å². The van der Waals surface area contributed by atoms with Gasteiger partial charge >= 0.3 is 12.0 Å². The minimum atomic E-state index is -1.22. The fraction of sp³-hybridized carbons (Fsp3) is 0.471. The van der Waals surface area contributed by atoms with Gasteiger partial charge in [0.05, 0.1) is 23.8 Å². The molecule has 0 fully saturated rings. The number of primary amides is 1. The third-order valence-corrected chi connectivity index (χ3v) is 3.47. The summed E-state index contributed by atoms with van der Waals surface area (Å²) in [4.78, 5) is 34.5. The first-order valence-electron chi connectivity index (χ1n) is 8.20. The Labute approximate surface area is 156 Å². The number of halogens is 1. The van der Waals surface area contributed by atoms with Crippen molar-refractivity contribution < 1.29 is 28.6 Å². The van der Waals surface area contributed by atoms with Crippen LogP contribution in [0, 0.1) is 0 Å². The number of esters is 1. The Balaban J connectivity index is 2.96. The fourth-order valence-electron chi connectivity index (χ4n) is 1.91. The number of ether oxygens (including phenoxy) is 3. The van der Waals surface area contributed by atoms with Gasteiger partial charge in [0, 0.05) is 0 Å². The highest BCUT2D eigenvalue weighted by atomic mass is 35.5. The number of nitrogens with two attached hydrogens (primary N) is 1. The number of amides is 3. The predicted molar refractivity (Wildman–Crippen MR) is 95.6 cm³/mol. The summed E-state index contributed by atoms with van der Waals surface area (Å²) >= 11 is 6.21. The quantitative estimate of drug-likeness (QED) is 0.497. The van der Waals surface area contributed by atoms with Crippen LogP contribution in [0.25, 0.3) is 0 Å². The molecule has 0 saturated heterocycles. The first-order valence-corrected chi connectivity index (χ1v) is 8.58. The predicted octanol–water partition coefficient (Wildman–Crippen LogP) is 2.66. The first kappa shape index (κ1) is 21.6. The average molecular weight is 387 g/mol. The normalized spacial score (nSPS) is 11.4. The lowest BCUT2D eigenvalue weighted by molar-refractivity contribution is -0.127. The van der Waals surface area contributed by atoms with E-state index in [0.717, 1.165) is 12.8 Å². The lowest BCUT2D eigenvalue weighted by Gasteiger charge is -2.16. The van der Waals surface area contributed by atoms with E-state index in [4.69, 9.17) is 31.5 Å². The van der Waals surface area contributed by atoms with Crippen molar-refractivity contribution >= 4 is 29.5 Å². The highest BCUT2D eigenvalue weighted by molar-refractivity contribution is 6.32. The lowest BCUT2D eigenvalue weighted by Crippen LogP contribution is -2.42. The molecule has 26 heavy (non-hydrogen) atoms. The zero-order chi connectivity index (χ0) is 19.7. The second kappa shape index (κ2) is 10.5. The zero-order valence-electron chi connectivity index (χ0n) is 15.0. The fourth-order valence-corrected chi connectivity index (χ4v) is 2.18. The minimum Gasteiger partial charge on any atom is -0.490 e. The molecule has 0 saturated carbocycles. The minimum absolute atomic E-state index is 0.0833. The molecule has 1 aromatic carbocycles. The van der Waals surface area contributed by atoms with Crippen LogP contribution in [-0.2, 0) is 9.53 Å². The highest BCUT2D eigenvalue weighted by Gasteiger charge is 2.22. The van der Waals surface area contributed by atoms with Crippen molar-refractivity contribution in [1.29, 1.82) is 0 Å². The third-order valence-electron chi connectivity index (χ3n) is 3.19. The van der Waals surface area contributed by atoms with Crippen molar-refractivity contribution in [3.05, 3.63) is 22.7 Å². The number of hydrogen-bond acceptors (Lipinski definition) is 6. The SMILES string of the molecule is CCCCOc1c(Cl)cc(C(=O)O[C@@H](C)C(=O)NC(N)=O)cc1OCC. The van der Waals surface area contributed by atoms with Gasteiger partial charge in [0.2, 0.25) is 0 Å². The van der Waals surface area contributed by atoms with Gasteiger partial charge in [-0.3, -0.25) is 10.1 Å². The van der Waals surface area contributed by atoms with Gasteiger partial charge in [0.1, 0.15) is 0 Å². The van der Waals surface area contributed by atoms with E-state index >= 15 is 0 Å². The Hall–Kier alpha value is -2.48. The Morgan fingerprint density at radius 1 is 1.23 bits per heavy atom. The molecule has 3 amide bonds. The molecule has 3 N–H and O–H groups in total. The Morgan fingerprint density at radius 2 is 1.92 bits per heavy atom. The molecule has 0 aliphatic rings. The van der Waals surface area contributed by atoms with Crippen LogP contribution in [0.3, 0.4) is 0 Å². The second-order valence-corrected chi connectivity index (χ2v) is 5.73. The van der Waals surface area contributed by atoms with E-state index in [1.54, 1.807) is 6.92 Å². The van der Waals surface area contributed by atoms with Crippen molar-refractivity contribution in [2.75, 3.05) is 13.2 Å². The molecule has 0 unspecified atom stereocenters. The van der Waals surface area contributed by atoms with Gasteiger partial charge in [-0.2, -0.15) is 0 Å². The molecule has 0 aliphatic heterocycles. The van der Waals surface area contributed by atoms with E-state index in [2.05, 4.69) is 0 Å². The Morgan fingerprint density at radius 3 is 2.50 bits per heavy atom. The number of urea groups is 1. The summed E-state index contributed by atoms with van der Waals surface area (Å²) in [6.45, 7) is 5.93. The third kappa shape index (κ3) is 6.44. The molecule has 0 aromatic heterocycles. The van der Waals surface area contributed by atoms with Gasteiger partial charge < -0.3 is 19.9 Å². The van der Waals surface area contributed by atoms with Crippen LogP contribution in [0.2, 0.25) is 5.02 Å². The van der Waals surface area contributed by atoms with Crippen LogP contribution in [0.5, 0.6) is 11.5 Å². The molecule has 8 nitrogen and oxygen atoms in total. The van der Waals surface area contributed by atoms with Crippen LogP contribution < -0.4 is 20.5 Å². The topological polar surface area (TPSA) is 117 Å². The maximum atomic E-state index is 12.3. The molecule has 0 heterocycles. The summed E-state index contributed by atoms with van der Waals surface area (Å²) in [6, 6.07) is 1.76. The average Bonchev–Trinajstić information content (AvgIpc) is 2.56. The number of unbranched alkanes of at least 4 members (excludes halogenated alkanes) is 1. The van der Waals surface area contributed by atoms with Crippen molar-refractivity contribution in [2.45, 2.75) is 39.7 Å². The molecule has 144 valence electrons. The van der Waals surface area contributed by atoms with Crippen molar-refractivity contribution in [1.82, 2.24) is 5.32 Å². The smallest absolute Gasteiger partial charge is 0.339 e. The maximum absolute atomic E-state index is 12.3. The molecule has 0 spiro atoms. The van der Waals surface area contributed by atoms with Crippen molar-refractivity contribution in [3.8, 4) is 11.5 Å². The van der Waals surface area contributed by atoms with E-state index < -0.39 is 24.0 Å². The first-order chi connectivity index (χ1) is 12.3. The van der Waals surface area contributed by atoms with Crippen LogP contribution >= 0.6 is 11.6 Å². The number of benzene rings is 1.